The summed E-state index contributed by atoms with van der Waals surface area (Å²) in [6, 6.07) is 5.78. The minimum Gasteiger partial charge on any atom is -0.490 e. The molecule has 0 radical (unpaired) electrons. The Labute approximate surface area is 117 Å². The van der Waals surface area contributed by atoms with Crippen molar-refractivity contribution < 1.29 is 19.4 Å². The van der Waals surface area contributed by atoms with Gasteiger partial charge in [-0.15, -0.1) is 0 Å². The standard InChI is InChI=1S/C14H18N2O4/c17-13(18)7-10-8-15-16-14(10)9-2-3-11-12(6-9)20-5-1-4-19-11/h2-3,6,10,14-16H,1,4-5,7-8H2,(H,17,18). The number of hydrogen-bond donors (Lipinski definition) is 3. The molecule has 1 fully saturated rings. The van der Waals surface area contributed by atoms with E-state index in [-0.39, 0.29) is 18.4 Å². The maximum Gasteiger partial charge on any atom is 0.303 e. The van der Waals surface area contributed by atoms with Crippen LogP contribution in [0.5, 0.6) is 11.5 Å². The van der Waals surface area contributed by atoms with Crippen molar-refractivity contribution in [3.8, 4) is 11.5 Å². The van der Waals surface area contributed by atoms with E-state index in [1.807, 2.05) is 18.2 Å². The van der Waals surface area contributed by atoms with Gasteiger partial charge < -0.3 is 14.6 Å². The van der Waals surface area contributed by atoms with Crippen molar-refractivity contribution >= 4 is 5.97 Å². The fourth-order valence-electron chi connectivity index (χ4n) is 2.68. The van der Waals surface area contributed by atoms with Gasteiger partial charge in [-0.05, 0) is 17.7 Å². The van der Waals surface area contributed by atoms with Crippen LogP contribution in [0.15, 0.2) is 18.2 Å². The molecule has 0 saturated carbocycles. The first-order valence-corrected chi connectivity index (χ1v) is 6.84. The molecule has 3 rings (SSSR count). The van der Waals surface area contributed by atoms with Crippen LogP contribution >= 0.6 is 0 Å². The summed E-state index contributed by atoms with van der Waals surface area (Å²) in [7, 11) is 0. The number of rotatable bonds is 3. The van der Waals surface area contributed by atoms with E-state index >= 15 is 0 Å². The molecule has 0 aromatic heterocycles. The van der Waals surface area contributed by atoms with E-state index < -0.39 is 5.97 Å². The monoisotopic (exact) mass is 278 g/mol. The normalized spacial score (nSPS) is 25.2. The van der Waals surface area contributed by atoms with Crippen molar-refractivity contribution in [2.24, 2.45) is 5.92 Å². The second-order valence-electron chi connectivity index (χ2n) is 5.12. The lowest BCUT2D eigenvalue weighted by atomic mass is 9.92. The zero-order chi connectivity index (χ0) is 13.9. The van der Waals surface area contributed by atoms with Gasteiger partial charge in [-0.1, -0.05) is 6.07 Å². The molecule has 0 spiro atoms. The largest absolute Gasteiger partial charge is 0.490 e. The molecule has 1 aromatic carbocycles. The van der Waals surface area contributed by atoms with Crippen LogP contribution in [0, 0.1) is 5.92 Å². The van der Waals surface area contributed by atoms with Gasteiger partial charge in [-0.25, -0.2) is 5.43 Å². The lowest BCUT2D eigenvalue weighted by Gasteiger charge is -2.18. The van der Waals surface area contributed by atoms with Crippen LogP contribution in [0.2, 0.25) is 0 Å². The van der Waals surface area contributed by atoms with Crippen molar-refractivity contribution in [1.29, 1.82) is 0 Å². The fraction of sp³-hybridized carbons (Fsp3) is 0.500. The Balaban J connectivity index is 1.82. The predicted octanol–water partition coefficient (Wildman–Crippen LogP) is 1.09. The number of aliphatic carboxylic acids is 1. The summed E-state index contributed by atoms with van der Waals surface area (Å²) in [5, 5.41) is 8.97. The number of carboxylic acid groups (broad SMARTS) is 1. The Bertz CT molecular complexity index is 506. The minimum absolute atomic E-state index is 0.0248. The third-order valence-corrected chi connectivity index (χ3v) is 3.66. The number of carbonyl (C=O) groups is 1. The molecule has 20 heavy (non-hydrogen) atoms. The van der Waals surface area contributed by atoms with E-state index in [2.05, 4.69) is 10.9 Å². The molecule has 0 aliphatic carbocycles. The third kappa shape index (κ3) is 2.71. The molecule has 2 unspecified atom stereocenters. The van der Waals surface area contributed by atoms with E-state index in [1.165, 1.54) is 0 Å². The maximum atomic E-state index is 10.9. The minimum atomic E-state index is -0.778. The lowest BCUT2D eigenvalue weighted by Crippen LogP contribution is -2.25. The molecule has 2 aliphatic heterocycles. The molecule has 6 heteroatoms. The highest BCUT2D eigenvalue weighted by atomic mass is 16.5. The van der Waals surface area contributed by atoms with Crippen LogP contribution in [0.3, 0.4) is 0 Å². The van der Waals surface area contributed by atoms with Gasteiger partial charge in [0.05, 0.1) is 25.7 Å². The van der Waals surface area contributed by atoms with Gasteiger partial charge in [0, 0.05) is 18.9 Å². The van der Waals surface area contributed by atoms with E-state index in [9.17, 15) is 4.79 Å². The van der Waals surface area contributed by atoms with Crippen LogP contribution < -0.4 is 20.3 Å². The molecule has 2 aliphatic rings. The summed E-state index contributed by atoms with van der Waals surface area (Å²) in [5.41, 5.74) is 7.19. The molecule has 2 heterocycles. The first-order chi connectivity index (χ1) is 9.74. The zero-order valence-electron chi connectivity index (χ0n) is 11.1. The Morgan fingerprint density at radius 2 is 2.10 bits per heavy atom. The van der Waals surface area contributed by atoms with Crippen molar-refractivity contribution in [3.63, 3.8) is 0 Å². The Hall–Kier alpha value is -1.79. The van der Waals surface area contributed by atoms with E-state index in [1.54, 1.807) is 0 Å². The van der Waals surface area contributed by atoms with Crippen molar-refractivity contribution in [3.05, 3.63) is 23.8 Å². The van der Waals surface area contributed by atoms with Crippen molar-refractivity contribution in [2.75, 3.05) is 19.8 Å². The van der Waals surface area contributed by atoms with Gasteiger partial charge >= 0.3 is 5.97 Å². The van der Waals surface area contributed by atoms with E-state index in [0.717, 1.165) is 23.5 Å². The predicted molar refractivity (Wildman–Crippen MR) is 71.7 cm³/mol. The summed E-state index contributed by atoms with van der Waals surface area (Å²) in [6.45, 7) is 1.95. The average Bonchev–Trinajstić information content (AvgIpc) is 2.74. The molecule has 3 N–H and O–H groups in total. The Morgan fingerprint density at radius 3 is 2.90 bits per heavy atom. The number of hydrogen-bond acceptors (Lipinski definition) is 5. The smallest absolute Gasteiger partial charge is 0.303 e. The molecular formula is C14H18N2O4. The number of nitrogens with one attached hydrogen (secondary N) is 2. The van der Waals surface area contributed by atoms with Gasteiger partial charge in [0.1, 0.15) is 0 Å². The van der Waals surface area contributed by atoms with E-state index in [4.69, 9.17) is 14.6 Å². The maximum absolute atomic E-state index is 10.9. The van der Waals surface area contributed by atoms with Crippen molar-refractivity contribution in [2.45, 2.75) is 18.9 Å². The highest BCUT2D eigenvalue weighted by Crippen LogP contribution is 2.35. The number of carboxylic acids is 1. The van der Waals surface area contributed by atoms with Gasteiger partial charge in [-0.2, -0.15) is 0 Å². The Kier molecular flexibility index (Phi) is 3.75. The van der Waals surface area contributed by atoms with Crippen LogP contribution in [-0.4, -0.2) is 30.8 Å². The lowest BCUT2D eigenvalue weighted by molar-refractivity contribution is -0.138. The molecular weight excluding hydrogens is 260 g/mol. The molecule has 1 aromatic rings. The molecule has 0 amide bonds. The molecule has 0 bridgehead atoms. The summed E-state index contributed by atoms with van der Waals surface area (Å²) in [4.78, 5) is 10.9. The SMILES string of the molecule is O=C(O)CC1CNNC1c1ccc2c(c1)OCCCO2. The quantitative estimate of drug-likeness (QED) is 0.768. The van der Waals surface area contributed by atoms with Gasteiger partial charge in [0.2, 0.25) is 0 Å². The topological polar surface area (TPSA) is 79.8 Å². The van der Waals surface area contributed by atoms with Crippen LogP contribution in [0.1, 0.15) is 24.4 Å². The first-order valence-electron chi connectivity index (χ1n) is 6.84. The first kappa shape index (κ1) is 13.2. The highest BCUT2D eigenvalue weighted by Gasteiger charge is 2.30. The second-order valence-corrected chi connectivity index (χ2v) is 5.12. The number of hydrazine groups is 1. The number of ether oxygens (including phenoxy) is 2. The van der Waals surface area contributed by atoms with Gasteiger partial charge in [0.15, 0.2) is 11.5 Å². The van der Waals surface area contributed by atoms with Crippen LogP contribution in [0.25, 0.3) is 0 Å². The van der Waals surface area contributed by atoms with Crippen molar-refractivity contribution in [1.82, 2.24) is 10.9 Å². The molecule has 1 saturated heterocycles. The summed E-state index contributed by atoms with van der Waals surface area (Å²) < 4.78 is 11.3. The van der Waals surface area contributed by atoms with Crippen LogP contribution in [0.4, 0.5) is 0 Å². The van der Waals surface area contributed by atoms with Gasteiger partial charge in [0.25, 0.3) is 0 Å². The Morgan fingerprint density at radius 1 is 1.30 bits per heavy atom. The van der Waals surface area contributed by atoms with Gasteiger partial charge in [-0.3, -0.25) is 10.2 Å². The number of benzene rings is 1. The second kappa shape index (κ2) is 5.68. The molecule has 2 atom stereocenters. The van der Waals surface area contributed by atoms with E-state index in [0.29, 0.717) is 19.8 Å². The average molecular weight is 278 g/mol. The third-order valence-electron chi connectivity index (χ3n) is 3.66. The fourth-order valence-corrected chi connectivity index (χ4v) is 2.68. The highest BCUT2D eigenvalue weighted by molar-refractivity contribution is 5.67. The zero-order valence-corrected chi connectivity index (χ0v) is 11.1. The molecule has 108 valence electrons. The molecule has 6 nitrogen and oxygen atoms in total. The summed E-state index contributed by atoms with van der Waals surface area (Å²) >= 11 is 0. The van der Waals surface area contributed by atoms with Crippen LogP contribution in [-0.2, 0) is 4.79 Å². The number of fused-ring (bicyclic) bond motifs is 1. The summed E-state index contributed by atoms with van der Waals surface area (Å²) in [6.07, 6.45) is 1.01. The summed E-state index contributed by atoms with van der Waals surface area (Å²) in [5.74, 6) is 0.742.